The van der Waals surface area contributed by atoms with E-state index in [1.165, 1.54) is 0 Å². The molecule has 0 radical (unpaired) electrons. The van der Waals surface area contributed by atoms with E-state index < -0.39 is 11.8 Å². The Kier molecular flexibility index (Phi) is 3.31. The summed E-state index contributed by atoms with van der Waals surface area (Å²) in [5.41, 5.74) is 4.97. The van der Waals surface area contributed by atoms with Gasteiger partial charge < -0.3 is 10.8 Å². The Bertz CT molecular complexity index is 105. The molecule has 0 aliphatic carbocycles. The first-order valence-corrected chi connectivity index (χ1v) is 2.85. The number of hydrogen-bond acceptors (Lipinski definition) is 3. The minimum atomic E-state index is -1.03. The third kappa shape index (κ3) is 3.71. The molecule has 5 heteroatoms. The van der Waals surface area contributed by atoms with Crippen LogP contribution in [0.25, 0.3) is 0 Å². The van der Waals surface area contributed by atoms with Crippen molar-refractivity contribution in [3.63, 3.8) is 0 Å². The van der Waals surface area contributed by atoms with Crippen LogP contribution in [0.5, 0.6) is 0 Å². The van der Waals surface area contributed by atoms with Crippen LogP contribution in [0.2, 0.25) is 0 Å². The van der Waals surface area contributed by atoms with E-state index in [0.29, 0.717) is 0 Å². The summed E-state index contributed by atoms with van der Waals surface area (Å²) in [6.07, 6.45) is -0.245. The molecule has 0 rings (SSSR count). The highest BCUT2D eigenvalue weighted by atomic mass is 31.1. The number of carbonyl (C=O) groups is 1. The second kappa shape index (κ2) is 3.52. The molecule has 0 aliphatic rings. The Labute approximate surface area is 47.9 Å². The van der Waals surface area contributed by atoms with Crippen molar-refractivity contribution in [2.75, 3.05) is 0 Å². The molecular weight excluding hydrogens is 129 g/mol. The maximum Gasteiger partial charge on any atom is 0.305 e. The molecule has 0 saturated heterocycles. The zero-order chi connectivity index (χ0) is 6.57. The monoisotopic (exact) mass is 135 g/mol. The minimum absolute atomic E-state index is 0.245. The maximum atomic E-state index is 9.75. The number of nitrogens with two attached hydrogens (primary N) is 1. The molecule has 0 aliphatic heterocycles. The third-order valence-electron chi connectivity index (χ3n) is 0.519. The van der Waals surface area contributed by atoms with Gasteiger partial charge in [0.1, 0.15) is 0 Å². The second-order valence-electron chi connectivity index (χ2n) is 1.27. The van der Waals surface area contributed by atoms with Gasteiger partial charge in [0.25, 0.3) is 0 Å². The van der Waals surface area contributed by atoms with Crippen LogP contribution >= 0.6 is 8.46 Å². The van der Waals surface area contributed by atoms with E-state index >= 15 is 0 Å². The minimum Gasteiger partial charge on any atom is -0.481 e. The summed E-state index contributed by atoms with van der Waals surface area (Å²) < 4.78 is 9.75. The fourth-order valence-corrected chi connectivity index (χ4v) is 0.447. The van der Waals surface area contributed by atoms with Gasteiger partial charge in [-0.1, -0.05) is 0 Å². The molecule has 0 fully saturated rings. The zero-order valence-corrected chi connectivity index (χ0v) is 4.97. The Morgan fingerprint density at radius 3 is 2.50 bits per heavy atom. The standard InChI is InChI=1S/C3H6NO3P/c4-2(8-7)1-3(5)6/h2H,1,4H2,(H,5,6). The molecule has 0 aromatic carbocycles. The first kappa shape index (κ1) is 7.53. The van der Waals surface area contributed by atoms with E-state index in [4.69, 9.17) is 10.8 Å². The lowest BCUT2D eigenvalue weighted by Gasteiger charge is -1.92. The van der Waals surface area contributed by atoms with Crippen LogP contribution in [0, 0.1) is 0 Å². The van der Waals surface area contributed by atoms with Crippen LogP contribution in [0.15, 0.2) is 0 Å². The lowest BCUT2D eigenvalue weighted by molar-refractivity contribution is -0.136. The van der Waals surface area contributed by atoms with Gasteiger partial charge in [-0.2, -0.15) is 0 Å². The maximum absolute atomic E-state index is 9.75. The van der Waals surface area contributed by atoms with Crippen molar-refractivity contribution >= 4 is 14.4 Å². The fraction of sp³-hybridized carbons (Fsp3) is 0.667. The topological polar surface area (TPSA) is 80.4 Å². The van der Waals surface area contributed by atoms with E-state index in [1.807, 2.05) is 0 Å². The van der Waals surface area contributed by atoms with Crippen molar-refractivity contribution in [3.05, 3.63) is 0 Å². The lowest BCUT2D eigenvalue weighted by atomic mass is 10.4. The average Bonchev–Trinajstić information content (AvgIpc) is 1.65. The molecule has 0 amide bonds. The van der Waals surface area contributed by atoms with E-state index in [9.17, 15) is 9.36 Å². The molecule has 0 heterocycles. The van der Waals surface area contributed by atoms with Gasteiger partial charge in [0.2, 0.25) is 0 Å². The number of aliphatic carboxylic acids is 1. The molecule has 0 aromatic heterocycles. The van der Waals surface area contributed by atoms with Crippen molar-refractivity contribution in [2.24, 2.45) is 5.73 Å². The van der Waals surface area contributed by atoms with Crippen molar-refractivity contribution in [3.8, 4) is 0 Å². The third-order valence-corrected chi connectivity index (χ3v) is 0.973. The normalized spacial score (nSPS) is 13.6. The highest BCUT2D eigenvalue weighted by Crippen LogP contribution is 2.02. The number of carboxylic acid groups (broad SMARTS) is 1. The summed E-state index contributed by atoms with van der Waals surface area (Å²) in [5.74, 6) is -1.78. The first-order valence-electron chi connectivity index (χ1n) is 1.96. The van der Waals surface area contributed by atoms with Crippen molar-refractivity contribution in [1.29, 1.82) is 0 Å². The van der Waals surface area contributed by atoms with Crippen LogP contribution < -0.4 is 5.73 Å². The van der Waals surface area contributed by atoms with Gasteiger partial charge >= 0.3 is 5.97 Å². The number of hydrogen-bond donors (Lipinski definition) is 2. The summed E-state index contributed by atoms with van der Waals surface area (Å²) in [6.45, 7) is 0. The molecule has 8 heavy (non-hydrogen) atoms. The first-order chi connectivity index (χ1) is 3.66. The Hall–Kier alpha value is -0.470. The predicted molar refractivity (Wildman–Crippen MR) is 27.8 cm³/mol. The summed E-state index contributed by atoms with van der Waals surface area (Å²) in [6, 6.07) is 0. The van der Waals surface area contributed by atoms with Gasteiger partial charge in [-0.25, -0.2) is 0 Å². The van der Waals surface area contributed by atoms with E-state index in [1.54, 1.807) is 0 Å². The van der Waals surface area contributed by atoms with Gasteiger partial charge in [0.05, 0.1) is 12.2 Å². The largest absolute Gasteiger partial charge is 0.481 e. The van der Waals surface area contributed by atoms with Crippen LogP contribution in [-0.4, -0.2) is 16.9 Å². The SMILES string of the molecule is NC(CC(=O)O)P=O. The molecule has 4 nitrogen and oxygen atoms in total. The number of rotatable bonds is 3. The molecule has 0 spiro atoms. The smallest absolute Gasteiger partial charge is 0.305 e. The van der Waals surface area contributed by atoms with Crippen LogP contribution in [0.3, 0.4) is 0 Å². The number of carboxylic acids is 1. The molecular formula is C3H6NO3P. The van der Waals surface area contributed by atoms with E-state index in [0.717, 1.165) is 0 Å². The Balaban J connectivity index is 3.38. The summed E-state index contributed by atoms with van der Waals surface area (Å²) in [5, 5.41) is 7.99. The molecule has 0 bridgehead atoms. The van der Waals surface area contributed by atoms with E-state index in [2.05, 4.69) is 0 Å². The van der Waals surface area contributed by atoms with Crippen molar-refractivity contribution in [2.45, 2.75) is 12.2 Å². The average molecular weight is 135 g/mol. The highest BCUT2D eigenvalue weighted by molar-refractivity contribution is 7.24. The second-order valence-corrected chi connectivity index (χ2v) is 2.14. The fourth-order valence-electron chi connectivity index (χ4n) is 0.216. The van der Waals surface area contributed by atoms with Crippen LogP contribution in [0.1, 0.15) is 6.42 Å². The molecule has 0 saturated carbocycles. The summed E-state index contributed by atoms with van der Waals surface area (Å²) in [7, 11) is -0.314. The summed E-state index contributed by atoms with van der Waals surface area (Å²) >= 11 is 0. The van der Waals surface area contributed by atoms with Gasteiger partial charge in [-0.3, -0.25) is 9.36 Å². The van der Waals surface area contributed by atoms with Gasteiger partial charge in [0, 0.05) is 0 Å². The van der Waals surface area contributed by atoms with Gasteiger partial charge in [-0.05, 0) is 0 Å². The molecule has 1 atom stereocenters. The van der Waals surface area contributed by atoms with Gasteiger partial charge in [0.15, 0.2) is 8.46 Å². The van der Waals surface area contributed by atoms with Crippen LogP contribution in [0.4, 0.5) is 0 Å². The Morgan fingerprint density at radius 2 is 2.38 bits per heavy atom. The zero-order valence-electron chi connectivity index (χ0n) is 4.07. The van der Waals surface area contributed by atoms with Crippen molar-refractivity contribution < 1.29 is 14.5 Å². The van der Waals surface area contributed by atoms with Crippen LogP contribution in [-0.2, 0) is 9.36 Å². The Morgan fingerprint density at radius 1 is 1.88 bits per heavy atom. The molecule has 3 N–H and O–H groups in total. The predicted octanol–water partition coefficient (Wildman–Crippen LogP) is 0.0376. The lowest BCUT2D eigenvalue weighted by Crippen LogP contribution is -2.16. The molecule has 0 aromatic rings. The quantitative estimate of drug-likeness (QED) is 0.535. The van der Waals surface area contributed by atoms with Gasteiger partial charge in [-0.15, -0.1) is 0 Å². The van der Waals surface area contributed by atoms with E-state index in [-0.39, 0.29) is 14.9 Å². The summed E-state index contributed by atoms with van der Waals surface area (Å²) in [4.78, 5) is 9.75. The van der Waals surface area contributed by atoms with Crippen molar-refractivity contribution in [1.82, 2.24) is 0 Å². The highest BCUT2D eigenvalue weighted by Gasteiger charge is 2.05. The molecule has 46 valence electrons. The molecule has 1 unspecified atom stereocenters.